The molecule has 0 aliphatic rings. The van der Waals surface area contributed by atoms with Crippen LogP contribution in [0.5, 0.6) is 0 Å². The van der Waals surface area contributed by atoms with Crippen molar-refractivity contribution in [3.05, 3.63) is 35.9 Å². The lowest BCUT2D eigenvalue weighted by molar-refractivity contribution is 0.127. The number of ether oxygens (including phenoxy) is 1. The first-order valence-corrected chi connectivity index (χ1v) is 5.90. The minimum atomic E-state index is -0.0390. The Morgan fingerprint density at radius 1 is 1.25 bits per heavy atom. The van der Waals surface area contributed by atoms with Crippen LogP contribution in [0.4, 0.5) is 0 Å². The first-order chi connectivity index (χ1) is 7.88. The molecule has 0 saturated heterocycles. The van der Waals surface area contributed by atoms with Crippen molar-refractivity contribution in [2.75, 3.05) is 13.2 Å². The fourth-order valence-corrected chi connectivity index (χ4v) is 1.54. The van der Waals surface area contributed by atoms with Crippen molar-refractivity contribution in [2.45, 2.75) is 32.1 Å². The van der Waals surface area contributed by atoms with Gasteiger partial charge in [0.25, 0.3) is 0 Å². The molecule has 0 amide bonds. The summed E-state index contributed by atoms with van der Waals surface area (Å²) in [6, 6.07) is 12.2. The molecule has 1 rings (SSSR count). The Labute approximate surface area is 97.9 Å². The Morgan fingerprint density at radius 2 is 2.00 bits per heavy atom. The lowest BCUT2D eigenvalue weighted by atomic mass is 9.98. The van der Waals surface area contributed by atoms with Crippen LogP contribution in [0.3, 0.4) is 0 Å². The SMILES string of the molecule is CCCCOCCC(C#N)c1ccccc1. The third-order valence-electron chi connectivity index (χ3n) is 2.55. The van der Waals surface area contributed by atoms with E-state index < -0.39 is 0 Å². The molecule has 0 aliphatic carbocycles. The van der Waals surface area contributed by atoms with Crippen LogP contribution in [-0.4, -0.2) is 13.2 Å². The summed E-state index contributed by atoms with van der Waals surface area (Å²) in [5.74, 6) is -0.0390. The zero-order chi connectivity index (χ0) is 11.6. The molecule has 0 bridgehead atoms. The summed E-state index contributed by atoms with van der Waals surface area (Å²) in [7, 11) is 0. The Balaban J connectivity index is 2.31. The van der Waals surface area contributed by atoms with E-state index in [-0.39, 0.29) is 5.92 Å². The predicted octanol–water partition coefficient (Wildman–Crippen LogP) is 3.50. The summed E-state index contributed by atoms with van der Waals surface area (Å²) in [4.78, 5) is 0. The second-order valence-corrected chi connectivity index (χ2v) is 3.85. The maximum absolute atomic E-state index is 9.08. The van der Waals surface area contributed by atoms with Crippen molar-refractivity contribution >= 4 is 0 Å². The summed E-state index contributed by atoms with van der Waals surface area (Å²) in [5, 5.41) is 9.08. The molecule has 0 fully saturated rings. The third-order valence-corrected chi connectivity index (χ3v) is 2.55. The second-order valence-electron chi connectivity index (χ2n) is 3.85. The Kier molecular flexibility index (Phi) is 6.29. The van der Waals surface area contributed by atoms with Crippen LogP contribution in [0.1, 0.15) is 37.7 Å². The molecule has 1 aromatic rings. The number of nitrogens with zero attached hydrogens (tertiary/aromatic N) is 1. The van der Waals surface area contributed by atoms with Gasteiger partial charge in [0.1, 0.15) is 0 Å². The molecule has 1 aromatic carbocycles. The minimum Gasteiger partial charge on any atom is -0.381 e. The highest BCUT2D eigenvalue weighted by Crippen LogP contribution is 2.18. The molecule has 0 radical (unpaired) electrons. The molecule has 1 atom stereocenters. The van der Waals surface area contributed by atoms with E-state index in [1.807, 2.05) is 30.3 Å². The molecule has 0 spiro atoms. The van der Waals surface area contributed by atoms with E-state index in [1.54, 1.807) is 0 Å². The van der Waals surface area contributed by atoms with Crippen LogP contribution in [0, 0.1) is 11.3 Å². The predicted molar refractivity (Wildman–Crippen MR) is 65.1 cm³/mol. The van der Waals surface area contributed by atoms with E-state index in [4.69, 9.17) is 10.00 Å². The van der Waals surface area contributed by atoms with Gasteiger partial charge in [-0.05, 0) is 18.4 Å². The first kappa shape index (κ1) is 12.7. The van der Waals surface area contributed by atoms with Crippen LogP contribution in [0.15, 0.2) is 30.3 Å². The Morgan fingerprint density at radius 3 is 2.62 bits per heavy atom. The molecule has 2 heteroatoms. The third kappa shape index (κ3) is 4.46. The normalized spacial score (nSPS) is 12.0. The molecule has 0 heterocycles. The molecule has 1 unspecified atom stereocenters. The summed E-state index contributed by atoms with van der Waals surface area (Å²) >= 11 is 0. The van der Waals surface area contributed by atoms with Crippen LogP contribution in [0.25, 0.3) is 0 Å². The highest BCUT2D eigenvalue weighted by molar-refractivity contribution is 5.24. The molecule has 16 heavy (non-hydrogen) atoms. The van der Waals surface area contributed by atoms with Crippen molar-refractivity contribution in [2.24, 2.45) is 0 Å². The summed E-state index contributed by atoms with van der Waals surface area (Å²) in [6.45, 7) is 3.63. The largest absolute Gasteiger partial charge is 0.381 e. The van der Waals surface area contributed by atoms with Gasteiger partial charge in [-0.1, -0.05) is 43.7 Å². The van der Waals surface area contributed by atoms with Gasteiger partial charge >= 0.3 is 0 Å². The minimum absolute atomic E-state index is 0.0390. The van der Waals surface area contributed by atoms with Gasteiger partial charge in [0.05, 0.1) is 12.0 Å². The summed E-state index contributed by atoms with van der Waals surface area (Å²) in [5.41, 5.74) is 1.09. The molecule has 0 N–H and O–H groups in total. The number of hydrogen-bond donors (Lipinski definition) is 0. The van der Waals surface area contributed by atoms with Crippen LogP contribution in [-0.2, 0) is 4.74 Å². The highest BCUT2D eigenvalue weighted by Gasteiger charge is 2.09. The average Bonchev–Trinajstić information content (AvgIpc) is 2.35. The lowest BCUT2D eigenvalue weighted by Gasteiger charge is -2.09. The number of hydrogen-bond acceptors (Lipinski definition) is 2. The van der Waals surface area contributed by atoms with Crippen molar-refractivity contribution < 1.29 is 4.74 Å². The number of nitriles is 1. The zero-order valence-corrected chi connectivity index (χ0v) is 9.86. The molecular weight excluding hydrogens is 198 g/mol. The topological polar surface area (TPSA) is 33.0 Å². The smallest absolute Gasteiger partial charge is 0.0734 e. The van der Waals surface area contributed by atoms with E-state index in [1.165, 1.54) is 0 Å². The van der Waals surface area contributed by atoms with Gasteiger partial charge in [-0.2, -0.15) is 5.26 Å². The lowest BCUT2D eigenvalue weighted by Crippen LogP contribution is -2.03. The van der Waals surface area contributed by atoms with Crippen LogP contribution >= 0.6 is 0 Å². The van der Waals surface area contributed by atoms with Gasteiger partial charge in [-0.15, -0.1) is 0 Å². The monoisotopic (exact) mass is 217 g/mol. The first-order valence-electron chi connectivity index (χ1n) is 5.90. The van der Waals surface area contributed by atoms with Crippen molar-refractivity contribution in [3.63, 3.8) is 0 Å². The Bertz CT molecular complexity index is 315. The molecule has 0 aliphatic heterocycles. The van der Waals surface area contributed by atoms with Crippen molar-refractivity contribution in [1.29, 1.82) is 5.26 Å². The maximum Gasteiger partial charge on any atom is 0.0734 e. The van der Waals surface area contributed by atoms with Crippen molar-refractivity contribution in [3.8, 4) is 6.07 Å². The van der Waals surface area contributed by atoms with Gasteiger partial charge in [-0.3, -0.25) is 0 Å². The Hall–Kier alpha value is -1.33. The zero-order valence-electron chi connectivity index (χ0n) is 9.86. The van der Waals surface area contributed by atoms with E-state index in [2.05, 4.69) is 13.0 Å². The average molecular weight is 217 g/mol. The standard InChI is InChI=1S/C14H19NO/c1-2-3-10-16-11-9-14(12-15)13-7-5-4-6-8-13/h4-8,14H,2-3,9-11H2,1H3. The van der Waals surface area contributed by atoms with Gasteiger partial charge in [0.2, 0.25) is 0 Å². The van der Waals surface area contributed by atoms with E-state index in [0.717, 1.165) is 31.4 Å². The van der Waals surface area contributed by atoms with Crippen molar-refractivity contribution in [1.82, 2.24) is 0 Å². The van der Waals surface area contributed by atoms with Gasteiger partial charge < -0.3 is 4.74 Å². The molecule has 2 nitrogen and oxygen atoms in total. The quantitative estimate of drug-likeness (QED) is 0.655. The van der Waals surface area contributed by atoms with E-state index in [0.29, 0.717) is 6.61 Å². The number of rotatable bonds is 7. The van der Waals surface area contributed by atoms with Crippen LogP contribution in [0.2, 0.25) is 0 Å². The van der Waals surface area contributed by atoms with Gasteiger partial charge in [-0.25, -0.2) is 0 Å². The maximum atomic E-state index is 9.08. The molecule has 0 aromatic heterocycles. The molecule has 0 saturated carbocycles. The van der Waals surface area contributed by atoms with Gasteiger partial charge in [0.15, 0.2) is 0 Å². The number of benzene rings is 1. The summed E-state index contributed by atoms with van der Waals surface area (Å²) < 4.78 is 5.48. The molecule has 86 valence electrons. The van der Waals surface area contributed by atoms with Crippen LogP contribution < -0.4 is 0 Å². The second kappa shape index (κ2) is 7.90. The summed E-state index contributed by atoms with van der Waals surface area (Å²) in [6.07, 6.45) is 3.03. The van der Waals surface area contributed by atoms with E-state index in [9.17, 15) is 0 Å². The van der Waals surface area contributed by atoms with Gasteiger partial charge in [0, 0.05) is 13.2 Å². The fraction of sp³-hybridized carbons (Fsp3) is 0.500. The fourth-order valence-electron chi connectivity index (χ4n) is 1.54. The van der Waals surface area contributed by atoms with E-state index >= 15 is 0 Å². The number of unbranched alkanes of at least 4 members (excludes halogenated alkanes) is 1. The molecular formula is C14H19NO. The highest BCUT2D eigenvalue weighted by atomic mass is 16.5.